The SMILES string of the molecule is CCCCOc1ccc(CNC(=O)COc2ccccc2C(C)CC)cc1OC. The van der Waals surface area contributed by atoms with Gasteiger partial charge in [0.1, 0.15) is 5.75 Å². The maximum atomic E-state index is 12.2. The topological polar surface area (TPSA) is 56.8 Å². The summed E-state index contributed by atoms with van der Waals surface area (Å²) in [6.45, 7) is 7.48. The lowest BCUT2D eigenvalue weighted by Gasteiger charge is -2.15. The third kappa shape index (κ3) is 7.00. The lowest BCUT2D eigenvalue weighted by Crippen LogP contribution is -2.28. The van der Waals surface area contributed by atoms with Crippen LogP contribution < -0.4 is 19.5 Å². The average molecular weight is 400 g/mol. The fourth-order valence-corrected chi connectivity index (χ4v) is 2.90. The summed E-state index contributed by atoms with van der Waals surface area (Å²) in [7, 11) is 1.62. The number of amides is 1. The maximum Gasteiger partial charge on any atom is 0.258 e. The van der Waals surface area contributed by atoms with Crippen molar-refractivity contribution in [3.8, 4) is 17.2 Å². The molecule has 0 bridgehead atoms. The van der Waals surface area contributed by atoms with Crippen LogP contribution in [-0.2, 0) is 11.3 Å². The van der Waals surface area contributed by atoms with Crippen molar-refractivity contribution in [2.45, 2.75) is 52.5 Å². The fraction of sp³-hybridized carbons (Fsp3) is 0.458. The summed E-state index contributed by atoms with van der Waals surface area (Å²) in [5, 5.41) is 2.89. The van der Waals surface area contributed by atoms with Gasteiger partial charge in [0.05, 0.1) is 13.7 Å². The molecule has 1 amide bonds. The van der Waals surface area contributed by atoms with Gasteiger partial charge in [-0.2, -0.15) is 0 Å². The van der Waals surface area contributed by atoms with Crippen LogP contribution in [0.1, 0.15) is 57.1 Å². The van der Waals surface area contributed by atoms with Crippen molar-refractivity contribution in [2.75, 3.05) is 20.3 Å². The lowest BCUT2D eigenvalue weighted by atomic mass is 9.98. The van der Waals surface area contributed by atoms with Crippen molar-refractivity contribution >= 4 is 5.91 Å². The molecule has 2 aromatic carbocycles. The Morgan fingerprint density at radius 2 is 1.83 bits per heavy atom. The second kappa shape index (κ2) is 12.0. The van der Waals surface area contributed by atoms with E-state index in [1.165, 1.54) is 0 Å². The maximum absolute atomic E-state index is 12.2. The van der Waals surface area contributed by atoms with Gasteiger partial charge in [-0.1, -0.05) is 51.5 Å². The second-order valence-electron chi connectivity index (χ2n) is 7.10. The first kappa shape index (κ1) is 22.6. The third-order valence-electron chi connectivity index (χ3n) is 4.89. The van der Waals surface area contributed by atoms with Crippen LogP contribution >= 0.6 is 0 Å². The van der Waals surface area contributed by atoms with Crippen molar-refractivity contribution in [1.82, 2.24) is 5.32 Å². The van der Waals surface area contributed by atoms with Crippen LogP contribution in [0, 0.1) is 0 Å². The Labute approximate surface area is 174 Å². The minimum atomic E-state index is -0.161. The summed E-state index contributed by atoms with van der Waals surface area (Å²) >= 11 is 0. The highest BCUT2D eigenvalue weighted by atomic mass is 16.5. The summed E-state index contributed by atoms with van der Waals surface area (Å²) in [6.07, 6.45) is 3.10. The fourth-order valence-electron chi connectivity index (χ4n) is 2.90. The first-order chi connectivity index (χ1) is 14.1. The molecule has 0 heterocycles. The van der Waals surface area contributed by atoms with Gasteiger partial charge in [-0.3, -0.25) is 4.79 Å². The summed E-state index contributed by atoms with van der Waals surface area (Å²) in [6, 6.07) is 13.6. The van der Waals surface area contributed by atoms with Crippen LogP contribution in [-0.4, -0.2) is 26.2 Å². The molecule has 0 aliphatic rings. The predicted molar refractivity (Wildman–Crippen MR) is 116 cm³/mol. The Morgan fingerprint density at radius 1 is 1.03 bits per heavy atom. The standard InChI is InChI=1S/C24H33NO4/c1-5-7-14-28-22-13-12-19(15-23(22)27-4)16-25-24(26)17-29-21-11-9-8-10-20(21)18(3)6-2/h8-13,15,18H,5-7,14,16-17H2,1-4H3,(H,25,26). The number of nitrogens with one attached hydrogen (secondary N) is 1. The Morgan fingerprint density at radius 3 is 2.55 bits per heavy atom. The molecular weight excluding hydrogens is 366 g/mol. The molecule has 1 N–H and O–H groups in total. The average Bonchev–Trinajstić information content (AvgIpc) is 2.76. The summed E-state index contributed by atoms with van der Waals surface area (Å²) in [5.41, 5.74) is 2.07. The highest BCUT2D eigenvalue weighted by Crippen LogP contribution is 2.29. The summed E-state index contributed by atoms with van der Waals surface area (Å²) in [5.74, 6) is 2.39. The zero-order valence-electron chi connectivity index (χ0n) is 18.0. The molecule has 0 aliphatic carbocycles. The highest BCUT2D eigenvalue weighted by Gasteiger charge is 2.12. The van der Waals surface area contributed by atoms with E-state index in [0.29, 0.717) is 24.8 Å². The van der Waals surface area contributed by atoms with Crippen LogP contribution in [0.2, 0.25) is 0 Å². The summed E-state index contributed by atoms with van der Waals surface area (Å²) in [4.78, 5) is 12.2. The van der Waals surface area contributed by atoms with Gasteiger partial charge in [0.15, 0.2) is 18.1 Å². The first-order valence-corrected chi connectivity index (χ1v) is 10.4. The predicted octanol–water partition coefficient (Wildman–Crippen LogP) is 5.08. The van der Waals surface area contributed by atoms with Crippen LogP contribution in [0.5, 0.6) is 17.2 Å². The van der Waals surface area contributed by atoms with Crippen molar-refractivity contribution in [1.29, 1.82) is 0 Å². The monoisotopic (exact) mass is 399 g/mol. The smallest absolute Gasteiger partial charge is 0.258 e. The van der Waals surface area contributed by atoms with Gasteiger partial charge in [-0.25, -0.2) is 0 Å². The van der Waals surface area contributed by atoms with Crippen molar-refractivity contribution < 1.29 is 19.0 Å². The minimum Gasteiger partial charge on any atom is -0.493 e. The molecule has 0 aromatic heterocycles. The van der Waals surface area contributed by atoms with E-state index in [2.05, 4.69) is 32.2 Å². The number of hydrogen-bond acceptors (Lipinski definition) is 4. The Hall–Kier alpha value is -2.69. The number of methoxy groups -OCH3 is 1. The highest BCUT2D eigenvalue weighted by molar-refractivity contribution is 5.77. The van der Waals surface area contributed by atoms with Gasteiger partial charge >= 0.3 is 0 Å². The minimum absolute atomic E-state index is 0.0111. The number of carbonyl (C=O) groups is 1. The third-order valence-corrected chi connectivity index (χ3v) is 4.89. The van der Waals surface area contributed by atoms with Crippen LogP contribution in [0.25, 0.3) is 0 Å². The molecule has 0 radical (unpaired) electrons. The zero-order chi connectivity index (χ0) is 21.1. The quantitative estimate of drug-likeness (QED) is 0.506. The van der Waals surface area contributed by atoms with E-state index in [-0.39, 0.29) is 12.5 Å². The molecule has 5 heteroatoms. The van der Waals surface area contributed by atoms with E-state index in [4.69, 9.17) is 14.2 Å². The molecule has 1 unspecified atom stereocenters. The van der Waals surface area contributed by atoms with Crippen molar-refractivity contribution in [3.63, 3.8) is 0 Å². The molecule has 0 aliphatic heterocycles. The number of rotatable bonds is 12. The number of unbranched alkanes of at least 4 members (excludes halogenated alkanes) is 1. The number of benzene rings is 2. The second-order valence-corrected chi connectivity index (χ2v) is 7.10. The number of hydrogen-bond donors (Lipinski definition) is 1. The Bertz CT molecular complexity index is 775. The van der Waals surface area contributed by atoms with E-state index in [1.54, 1.807) is 7.11 Å². The van der Waals surface area contributed by atoms with Crippen molar-refractivity contribution in [2.24, 2.45) is 0 Å². The molecule has 29 heavy (non-hydrogen) atoms. The van der Waals surface area contributed by atoms with Gasteiger partial charge in [0.25, 0.3) is 5.91 Å². The first-order valence-electron chi connectivity index (χ1n) is 10.4. The molecule has 1 atom stereocenters. The molecule has 158 valence electrons. The molecule has 0 fully saturated rings. The van der Waals surface area contributed by atoms with Gasteiger partial charge in [0, 0.05) is 6.54 Å². The normalized spacial score (nSPS) is 11.6. The molecule has 5 nitrogen and oxygen atoms in total. The van der Waals surface area contributed by atoms with Gasteiger partial charge in [-0.15, -0.1) is 0 Å². The van der Waals surface area contributed by atoms with E-state index in [9.17, 15) is 4.79 Å². The summed E-state index contributed by atoms with van der Waals surface area (Å²) < 4.78 is 16.9. The largest absolute Gasteiger partial charge is 0.493 e. The van der Waals surface area contributed by atoms with Gasteiger partial charge < -0.3 is 19.5 Å². The Kier molecular flexibility index (Phi) is 9.35. The molecular formula is C24H33NO4. The lowest BCUT2D eigenvalue weighted by molar-refractivity contribution is -0.123. The van der Waals surface area contributed by atoms with Crippen molar-refractivity contribution in [3.05, 3.63) is 53.6 Å². The Balaban J connectivity index is 1.88. The van der Waals surface area contributed by atoms with E-state index < -0.39 is 0 Å². The number of ether oxygens (including phenoxy) is 3. The van der Waals surface area contributed by atoms with E-state index >= 15 is 0 Å². The van der Waals surface area contributed by atoms with Crippen LogP contribution in [0.3, 0.4) is 0 Å². The van der Waals surface area contributed by atoms with Gasteiger partial charge in [0.2, 0.25) is 0 Å². The van der Waals surface area contributed by atoms with Crippen LogP contribution in [0.4, 0.5) is 0 Å². The molecule has 0 spiro atoms. The van der Waals surface area contributed by atoms with E-state index in [0.717, 1.165) is 41.9 Å². The number of para-hydroxylation sites is 1. The zero-order valence-corrected chi connectivity index (χ0v) is 18.0. The van der Waals surface area contributed by atoms with E-state index in [1.807, 2.05) is 36.4 Å². The molecule has 2 rings (SSSR count). The van der Waals surface area contributed by atoms with Crippen LogP contribution in [0.15, 0.2) is 42.5 Å². The van der Waals surface area contributed by atoms with Gasteiger partial charge in [-0.05, 0) is 48.1 Å². The molecule has 2 aromatic rings. The molecule has 0 saturated carbocycles. The number of carbonyl (C=O) groups excluding carboxylic acids is 1. The molecule has 0 saturated heterocycles.